The minimum Gasteiger partial charge on any atom is -0.376 e. The summed E-state index contributed by atoms with van der Waals surface area (Å²) in [6.07, 6.45) is 5.77. The number of aryl methyl sites for hydroxylation is 1. The number of amides is 2. The Kier molecular flexibility index (Phi) is 5.16. The van der Waals surface area contributed by atoms with Gasteiger partial charge in [-0.2, -0.15) is 0 Å². The molecule has 1 aromatic heterocycles. The highest BCUT2D eigenvalue weighted by atomic mass is 19.1. The van der Waals surface area contributed by atoms with E-state index >= 15 is 0 Å². The average Bonchev–Trinajstić information content (AvgIpc) is 3.41. The summed E-state index contributed by atoms with van der Waals surface area (Å²) in [6, 6.07) is 10.2. The summed E-state index contributed by atoms with van der Waals surface area (Å²) in [7, 11) is 2.01. The van der Waals surface area contributed by atoms with Crippen LogP contribution < -0.4 is 5.32 Å². The Labute approximate surface area is 159 Å². The van der Waals surface area contributed by atoms with Gasteiger partial charge in [0.1, 0.15) is 5.82 Å². The van der Waals surface area contributed by atoms with E-state index in [4.69, 9.17) is 4.74 Å². The molecule has 2 amide bonds. The maximum Gasteiger partial charge on any atom is 0.318 e. The summed E-state index contributed by atoms with van der Waals surface area (Å²) < 4.78 is 21.3. The molecule has 2 aromatic rings. The van der Waals surface area contributed by atoms with Crippen molar-refractivity contribution in [2.45, 2.75) is 43.9 Å². The van der Waals surface area contributed by atoms with Crippen molar-refractivity contribution < 1.29 is 13.9 Å². The zero-order valence-corrected chi connectivity index (χ0v) is 15.6. The molecule has 0 aliphatic carbocycles. The number of rotatable bonds is 4. The van der Waals surface area contributed by atoms with Gasteiger partial charge in [-0.15, -0.1) is 0 Å². The van der Waals surface area contributed by atoms with E-state index in [1.807, 2.05) is 24.2 Å². The van der Waals surface area contributed by atoms with Crippen molar-refractivity contribution in [1.29, 1.82) is 0 Å². The number of nitrogens with one attached hydrogen (secondary N) is 1. The van der Waals surface area contributed by atoms with Crippen LogP contribution >= 0.6 is 0 Å². The van der Waals surface area contributed by atoms with Gasteiger partial charge in [-0.1, -0.05) is 12.1 Å². The van der Waals surface area contributed by atoms with E-state index in [9.17, 15) is 9.18 Å². The third kappa shape index (κ3) is 3.72. The summed E-state index contributed by atoms with van der Waals surface area (Å²) in [5.41, 5.74) is 2.03. The Morgan fingerprint density at radius 2 is 2.04 bits per heavy atom. The number of likely N-dealkylation sites (tertiary alicyclic amines) is 1. The van der Waals surface area contributed by atoms with Gasteiger partial charge in [0, 0.05) is 32.1 Å². The van der Waals surface area contributed by atoms with Crippen molar-refractivity contribution in [2.75, 3.05) is 13.2 Å². The van der Waals surface area contributed by atoms with E-state index in [0.717, 1.165) is 43.5 Å². The number of urea groups is 1. The standard InChI is InChI=1S/C21H26FN3O2/c1-24-12-2-5-17(24)18-6-3-13-25(18)21(26)23-20(19-7-4-14-27-19)15-8-10-16(22)11-9-15/h2,5,8-12,18-20H,3-4,6-7,13-14H2,1H3,(H,23,26). The van der Waals surface area contributed by atoms with E-state index in [1.165, 1.54) is 12.1 Å². The van der Waals surface area contributed by atoms with Crippen LogP contribution in [0.1, 0.15) is 49.0 Å². The normalized spacial score (nSPS) is 23.6. The van der Waals surface area contributed by atoms with E-state index in [-0.39, 0.29) is 30.0 Å². The predicted octanol–water partition coefficient (Wildman–Crippen LogP) is 3.93. The van der Waals surface area contributed by atoms with Crippen LogP contribution in [0.25, 0.3) is 0 Å². The molecular weight excluding hydrogens is 345 g/mol. The zero-order chi connectivity index (χ0) is 18.8. The van der Waals surface area contributed by atoms with E-state index in [1.54, 1.807) is 12.1 Å². The second-order valence-corrected chi connectivity index (χ2v) is 7.43. The van der Waals surface area contributed by atoms with Gasteiger partial charge in [0.05, 0.1) is 18.2 Å². The largest absolute Gasteiger partial charge is 0.376 e. The number of halogens is 1. The summed E-state index contributed by atoms with van der Waals surface area (Å²) in [5.74, 6) is -0.278. The molecule has 2 aliphatic rings. The number of hydrogen-bond donors (Lipinski definition) is 1. The first-order chi connectivity index (χ1) is 13.1. The molecule has 0 saturated carbocycles. The molecule has 5 nitrogen and oxygen atoms in total. The smallest absolute Gasteiger partial charge is 0.318 e. The SMILES string of the molecule is Cn1cccc1C1CCCN1C(=O)NC(c1ccc(F)cc1)C1CCCO1. The summed E-state index contributed by atoms with van der Waals surface area (Å²) >= 11 is 0. The molecule has 27 heavy (non-hydrogen) atoms. The first-order valence-electron chi connectivity index (χ1n) is 9.69. The fourth-order valence-electron chi connectivity index (χ4n) is 4.28. The molecule has 6 heteroatoms. The monoisotopic (exact) mass is 371 g/mol. The van der Waals surface area contributed by atoms with Gasteiger partial charge in [0.2, 0.25) is 0 Å². The maximum atomic E-state index is 13.4. The number of carbonyl (C=O) groups excluding carboxylic acids is 1. The topological polar surface area (TPSA) is 46.5 Å². The van der Waals surface area contributed by atoms with Gasteiger partial charge in [0.25, 0.3) is 0 Å². The third-order valence-corrected chi connectivity index (χ3v) is 5.68. The molecule has 144 valence electrons. The molecule has 0 radical (unpaired) electrons. The second kappa shape index (κ2) is 7.72. The number of nitrogens with zero attached hydrogens (tertiary/aromatic N) is 2. The van der Waals surface area contributed by atoms with Crippen molar-refractivity contribution in [1.82, 2.24) is 14.8 Å². The molecule has 2 fully saturated rings. The highest BCUT2D eigenvalue weighted by Crippen LogP contribution is 2.33. The van der Waals surface area contributed by atoms with Crippen LogP contribution in [0.15, 0.2) is 42.6 Å². The van der Waals surface area contributed by atoms with Crippen LogP contribution in [0.3, 0.4) is 0 Å². The summed E-state index contributed by atoms with van der Waals surface area (Å²) in [4.78, 5) is 15.1. The molecule has 3 heterocycles. The first kappa shape index (κ1) is 18.0. The Balaban J connectivity index is 1.54. The molecule has 3 atom stereocenters. The fourth-order valence-corrected chi connectivity index (χ4v) is 4.28. The maximum absolute atomic E-state index is 13.4. The lowest BCUT2D eigenvalue weighted by Crippen LogP contribution is -2.44. The first-order valence-corrected chi connectivity index (χ1v) is 9.69. The summed E-state index contributed by atoms with van der Waals surface area (Å²) in [6.45, 7) is 1.44. The summed E-state index contributed by atoms with van der Waals surface area (Å²) in [5, 5.41) is 3.18. The Bertz CT molecular complexity index is 783. The lowest BCUT2D eigenvalue weighted by Gasteiger charge is -2.30. The van der Waals surface area contributed by atoms with Crippen LogP contribution in [0, 0.1) is 5.82 Å². The average molecular weight is 371 g/mol. The van der Waals surface area contributed by atoms with Crippen LogP contribution in [0.2, 0.25) is 0 Å². The number of benzene rings is 1. The quantitative estimate of drug-likeness (QED) is 0.885. The van der Waals surface area contributed by atoms with Gasteiger partial charge in [-0.25, -0.2) is 9.18 Å². The highest BCUT2D eigenvalue weighted by Gasteiger charge is 2.35. The Morgan fingerprint density at radius 3 is 2.70 bits per heavy atom. The van der Waals surface area contributed by atoms with Crippen LogP contribution in [-0.2, 0) is 11.8 Å². The number of aromatic nitrogens is 1. The van der Waals surface area contributed by atoms with Gasteiger partial charge in [0.15, 0.2) is 0 Å². The van der Waals surface area contributed by atoms with Crippen molar-refractivity contribution in [3.63, 3.8) is 0 Å². The molecule has 3 unspecified atom stereocenters. The van der Waals surface area contributed by atoms with Gasteiger partial charge in [-0.05, 0) is 55.5 Å². The molecular formula is C21H26FN3O2. The van der Waals surface area contributed by atoms with Gasteiger partial charge in [-0.3, -0.25) is 0 Å². The third-order valence-electron chi connectivity index (χ3n) is 5.68. The molecule has 1 aromatic carbocycles. The molecule has 4 rings (SSSR count). The Hall–Kier alpha value is -2.34. The molecule has 1 N–H and O–H groups in total. The van der Waals surface area contributed by atoms with Crippen molar-refractivity contribution in [3.8, 4) is 0 Å². The van der Waals surface area contributed by atoms with E-state index in [0.29, 0.717) is 6.61 Å². The van der Waals surface area contributed by atoms with E-state index < -0.39 is 0 Å². The van der Waals surface area contributed by atoms with Crippen LogP contribution in [-0.4, -0.2) is 34.8 Å². The minimum absolute atomic E-state index is 0.0736. The van der Waals surface area contributed by atoms with Crippen molar-refractivity contribution in [2.24, 2.45) is 7.05 Å². The van der Waals surface area contributed by atoms with Crippen molar-refractivity contribution >= 4 is 6.03 Å². The number of carbonyl (C=O) groups is 1. The van der Waals surface area contributed by atoms with Crippen LogP contribution in [0.5, 0.6) is 0 Å². The highest BCUT2D eigenvalue weighted by molar-refractivity contribution is 5.75. The second-order valence-electron chi connectivity index (χ2n) is 7.43. The van der Waals surface area contributed by atoms with Gasteiger partial charge < -0.3 is 19.5 Å². The molecule has 0 spiro atoms. The molecule has 2 aliphatic heterocycles. The molecule has 2 saturated heterocycles. The van der Waals surface area contributed by atoms with Crippen molar-refractivity contribution in [3.05, 3.63) is 59.7 Å². The van der Waals surface area contributed by atoms with Gasteiger partial charge >= 0.3 is 6.03 Å². The lowest BCUT2D eigenvalue weighted by atomic mass is 9.99. The number of hydrogen-bond acceptors (Lipinski definition) is 2. The Morgan fingerprint density at radius 1 is 1.22 bits per heavy atom. The number of ether oxygens (including phenoxy) is 1. The minimum atomic E-state index is -0.278. The lowest BCUT2D eigenvalue weighted by molar-refractivity contribution is 0.0774. The fraction of sp³-hybridized carbons (Fsp3) is 0.476. The van der Waals surface area contributed by atoms with E-state index in [2.05, 4.69) is 16.0 Å². The molecule has 0 bridgehead atoms. The predicted molar refractivity (Wildman–Crippen MR) is 101 cm³/mol. The van der Waals surface area contributed by atoms with Crippen LogP contribution in [0.4, 0.5) is 9.18 Å². The zero-order valence-electron chi connectivity index (χ0n) is 15.6.